The first-order chi connectivity index (χ1) is 14.2. The number of carbonyl (C=O) groups is 1. The zero-order valence-corrected chi connectivity index (χ0v) is 17.0. The molecule has 11 heteroatoms. The summed E-state index contributed by atoms with van der Waals surface area (Å²) in [6.07, 6.45) is 2.15. The van der Waals surface area contributed by atoms with Gasteiger partial charge in [-0.25, -0.2) is 13.9 Å². The Bertz CT molecular complexity index is 1280. The fourth-order valence-corrected chi connectivity index (χ4v) is 3.18. The third kappa shape index (κ3) is 3.65. The molecule has 1 fully saturated rings. The minimum absolute atomic E-state index is 0.00940. The highest BCUT2D eigenvalue weighted by Crippen LogP contribution is 2.39. The van der Waals surface area contributed by atoms with Crippen molar-refractivity contribution in [3.8, 4) is 0 Å². The molecule has 30 heavy (non-hydrogen) atoms. The number of rotatable bonds is 5. The number of carbonyl (C=O) groups excluding carboxylic acids is 1. The van der Waals surface area contributed by atoms with Gasteiger partial charge < -0.3 is 5.32 Å². The Labute approximate surface area is 171 Å². The Hall–Kier alpha value is -3.63. The molecule has 1 aliphatic carbocycles. The average molecular weight is 409 g/mol. The molecule has 0 atom stereocenters. The van der Waals surface area contributed by atoms with Crippen molar-refractivity contribution in [3.63, 3.8) is 0 Å². The number of aromatic nitrogens is 6. The maximum Gasteiger partial charge on any atom is 0.293 e. The summed E-state index contributed by atoms with van der Waals surface area (Å²) in [5.74, 6) is 0.768. The zero-order chi connectivity index (χ0) is 21.6. The molecule has 0 aromatic carbocycles. The molecule has 0 bridgehead atoms. The van der Waals surface area contributed by atoms with E-state index >= 15 is 0 Å². The third-order valence-electron chi connectivity index (χ3n) is 4.85. The standard InChI is InChI=1S/C19H23N9O2/c1-10(2)18-25-26(19(30)14-8-13(12-4-5-12)23-28(14)18)9-17(29)22-16-7-6-15(21)27(24-16)11(3)20/h6-8,10,12,20-21H,4-5,9H2,1-3H3,(H,22,24,29). The highest BCUT2D eigenvalue weighted by Gasteiger charge is 2.28. The molecule has 0 unspecified atom stereocenters. The SMILES string of the molecule is CC(=N)n1nc(NC(=O)Cn2nc(C(C)C)n3nc(C4CC4)cc3c2=O)ccc1=N. The van der Waals surface area contributed by atoms with Gasteiger partial charge in [0, 0.05) is 11.8 Å². The third-order valence-corrected chi connectivity index (χ3v) is 4.85. The molecular formula is C19H23N9O2. The van der Waals surface area contributed by atoms with Crippen molar-refractivity contribution in [2.45, 2.75) is 52.0 Å². The number of hydrogen-bond donors (Lipinski definition) is 3. The van der Waals surface area contributed by atoms with Crippen LogP contribution in [0.1, 0.15) is 57.0 Å². The lowest BCUT2D eigenvalue weighted by molar-refractivity contribution is -0.117. The van der Waals surface area contributed by atoms with Crippen molar-refractivity contribution in [1.29, 1.82) is 10.8 Å². The molecule has 3 aromatic rings. The summed E-state index contributed by atoms with van der Waals surface area (Å²) in [5.41, 5.74) is 0.952. The van der Waals surface area contributed by atoms with Crippen LogP contribution in [0.25, 0.3) is 5.52 Å². The second-order valence-corrected chi connectivity index (χ2v) is 7.77. The lowest BCUT2D eigenvalue weighted by Crippen LogP contribution is -2.33. The molecule has 0 radical (unpaired) electrons. The van der Waals surface area contributed by atoms with Crippen LogP contribution in [0.15, 0.2) is 23.0 Å². The van der Waals surface area contributed by atoms with Crippen molar-refractivity contribution < 1.29 is 4.79 Å². The first-order valence-corrected chi connectivity index (χ1v) is 9.75. The van der Waals surface area contributed by atoms with E-state index in [1.54, 1.807) is 10.6 Å². The summed E-state index contributed by atoms with van der Waals surface area (Å²) in [5, 5.41) is 31.0. The van der Waals surface area contributed by atoms with Gasteiger partial charge in [-0.3, -0.25) is 20.4 Å². The number of nitrogens with zero attached hydrogens (tertiary/aromatic N) is 6. The Kier molecular flexibility index (Phi) is 4.80. The van der Waals surface area contributed by atoms with Gasteiger partial charge in [-0.2, -0.15) is 10.2 Å². The molecule has 0 spiro atoms. The molecule has 0 saturated heterocycles. The summed E-state index contributed by atoms with van der Waals surface area (Å²) >= 11 is 0. The van der Waals surface area contributed by atoms with Crippen LogP contribution in [0.3, 0.4) is 0 Å². The molecule has 1 amide bonds. The predicted octanol–water partition coefficient (Wildman–Crippen LogP) is 1.05. The monoisotopic (exact) mass is 409 g/mol. The number of hydrogen-bond acceptors (Lipinski definition) is 7. The van der Waals surface area contributed by atoms with Crippen LogP contribution in [0.2, 0.25) is 0 Å². The van der Waals surface area contributed by atoms with Crippen molar-refractivity contribution in [3.05, 3.63) is 45.6 Å². The van der Waals surface area contributed by atoms with Crippen molar-refractivity contribution in [2.75, 3.05) is 5.32 Å². The number of amides is 1. The predicted molar refractivity (Wildman–Crippen MR) is 109 cm³/mol. The summed E-state index contributed by atoms with van der Waals surface area (Å²) in [6, 6.07) is 4.70. The molecule has 156 valence electrons. The largest absolute Gasteiger partial charge is 0.308 e. The number of anilines is 1. The van der Waals surface area contributed by atoms with Crippen LogP contribution in [-0.4, -0.2) is 40.9 Å². The van der Waals surface area contributed by atoms with Gasteiger partial charge in [0.05, 0.1) is 5.69 Å². The number of fused-ring (bicyclic) bond motifs is 1. The summed E-state index contributed by atoms with van der Waals surface area (Å²) in [4.78, 5) is 25.5. The highest BCUT2D eigenvalue weighted by atomic mass is 16.2. The van der Waals surface area contributed by atoms with Gasteiger partial charge >= 0.3 is 0 Å². The fourth-order valence-electron chi connectivity index (χ4n) is 3.18. The van der Waals surface area contributed by atoms with E-state index in [2.05, 4.69) is 20.6 Å². The summed E-state index contributed by atoms with van der Waals surface area (Å²) in [6.45, 7) is 5.12. The molecule has 4 rings (SSSR count). The van der Waals surface area contributed by atoms with Gasteiger partial charge in [-0.1, -0.05) is 13.8 Å². The van der Waals surface area contributed by atoms with Gasteiger partial charge in [0.2, 0.25) is 5.91 Å². The minimum Gasteiger partial charge on any atom is -0.308 e. The van der Waals surface area contributed by atoms with E-state index in [-0.39, 0.29) is 35.2 Å². The molecular weight excluding hydrogens is 386 g/mol. The van der Waals surface area contributed by atoms with E-state index < -0.39 is 5.91 Å². The Morgan fingerprint density at radius 3 is 2.63 bits per heavy atom. The van der Waals surface area contributed by atoms with Crippen molar-refractivity contribution >= 4 is 23.1 Å². The molecule has 3 aromatic heterocycles. The zero-order valence-electron chi connectivity index (χ0n) is 17.0. The van der Waals surface area contributed by atoms with Gasteiger partial charge in [-0.15, -0.1) is 5.10 Å². The first-order valence-electron chi connectivity index (χ1n) is 9.75. The van der Waals surface area contributed by atoms with Gasteiger partial charge in [0.15, 0.2) is 11.6 Å². The van der Waals surface area contributed by atoms with Crippen LogP contribution >= 0.6 is 0 Å². The van der Waals surface area contributed by atoms with Crippen LogP contribution in [0, 0.1) is 10.8 Å². The summed E-state index contributed by atoms with van der Waals surface area (Å²) in [7, 11) is 0. The molecule has 3 heterocycles. The van der Waals surface area contributed by atoms with E-state index in [0.717, 1.165) is 27.9 Å². The van der Waals surface area contributed by atoms with Gasteiger partial charge in [0.1, 0.15) is 23.4 Å². The molecule has 1 saturated carbocycles. The number of nitrogens with one attached hydrogen (secondary N) is 3. The van der Waals surface area contributed by atoms with Gasteiger partial charge in [0.25, 0.3) is 5.56 Å². The first kappa shape index (κ1) is 19.7. The maximum absolute atomic E-state index is 12.9. The Morgan fingerprint density at radius 2 is 2.00 bits per heavy atom. The normalized spacial score (nSPS) is 13.7. The van der Waals surface area contributed by atoms with Crippen LogP contribution in [0.4, 0.5) is 5.82 Å². The van der Waals surface area contributed by atoms with E-state index in [1.807, 2.05) is 13.8 Å². The van der Waals surface area contributed by atoms with Crippen LogP contribution < -0.4 is 16.4 Å². The van der Waals surface area contributed by atoms with Crippen LogP contribution in [0.5, 0.6) is 0 Å². The van der Waals surface area contributed by atoms with E-state index in [4.69, 9.17) is 10.8 Å². The van der Waals surface area contributed by atoms with Crippen molar-refractivity contribution in [2.24, 2.45) is 0 Å². The van der Waals surface area contributed by atoms with E-state index in [1.165, 1.54) is 19.1 Å². The lowest BCUT2D eigenvalue weighted by atomic mass is 10.2. The minimum atomic E-state index is -0.481. The maximum atomic E-state index is 12.9. The summed E-state index contributed by atoms with van der Waals surface area (Å²) < 4.78 is 3.83. The lowest BCUT2D eigenvalue weighted by Gasteiger charge is -2.12. The fraction of sp³-hybridized carbons (Fsp3) is 0.421. The van der Waals surface area contributed by atoms with E-state index in [0.29, 0.717) is 17.3 Å². The average Bonchev–Trinajstić information content (AvgIpc) is 3.43. The Balaban J connectivity index is 1.65. The Morgan fingerprint density at radius 1 is 1.27 bits per heavy atom. The van der Waals surface area contributed by atoms with E-state index in [9.17, 15) is 9.59 Å². The quantitative estimate of drug-likeness (QED) is 0.426. The molecule has 3 N–H and O–H groups in total. The van der Waals surface area contributed by atoms with Crippen molar-refractivity contribution in [1.82, 2.24) is 29.2 Å². The second-order valence-electron chi connectivity index (χ2n) is 7.77. The smallest absolute Gasteiger partial charge is 0.293 e. The highest BCUT2D eigenvalue weighted by molar-refractivity contribution is 5.89. The van der Waals surface area contributed by atoms with Crippen LogP contribution in [-0.2, 0) is 11.3 Å². The second kappa shape index (κ2) is 7.32. The molecule has 0 aliphatic heterocycles. The molecule has 11 nitrogen and oxygen atoms in total. The topological polar surface area (TPSA) is 147 Å². The molecule has 1 aliphatic rings. The van der Waals surface area contributed by atoms with Gasteiger partial charge in [-0.05, 0) is 38.0 Å².